The van der Waals surface area contributed by atoms with E-state index in [2.05, 4.69) is 0 Å². The minimum Gasteiger partial charge on any atom is -0.344 e. The molecule has 0 aliphatic carbocycles. The zero-order chi connectivity index (χ0) is 0. The molecule has 0 saturated heterocycles. The van der Waals surface area contributed by atoms with Crippen molar-refractivity contribution < 1.29 is 29.6 Å². The van der Waals surface area contributed by atoms with Crippen LogP contribution in [0.25, 0.3) is 0 Å². The topological polar surface area (TPSA) is 35.0 Å². The molecule has 0 aliphatic heterocycles. The van der Waals surface area contributed by atoms with Crippen molar-refractivity contribution in [2.45, 2.75) is 0 Å². The second-order valence-corrected chi connectivity index (χ2v) is 0. The Labute approximate surface area is 94.3 Å². The summed E-state index contributed by atoms with van der Waals surface area (Å²) in [6.45, 7) is 0. The van der Waals surface area contributed by atoms with Crippen LogP contribution in [0.4, 0.5) is 0 Å². The molecule has 0 aromatic carbocycles. The third-order valence-electron chi connectivity index (χ3n) is 0. The van der Waals surface area contributed by atoms with Gasteiger partial charge in [0.2, 0.25) is 0 Å². The first kappa shape index (κ1) is 28.1. The summed E-state index contributed by atoms with van der Waals surface area (Å²) < 4.78 is 0. The van der Waals surface area contributed by atoms with Crippen LogP contribution in [0, 0.1) is 0 Å². The average molecular weight is 104 g/mol. The quantitative estimate of drug-likeness (QED) is 0.317. The molecule has 0 heterocycles. The molecule has 4 heavy (non-hydrogen) atoms. The Balaban J connectivity index is 0. The molecule has 4 heteroatoms. The van der Waals surface area contributed by atoms with Gasteiger partial charge in [-0.3, -0.25) is 0 Å². The van der Waals surface area contributed by atoms with Crippen molar-refractivity contribution in [3.63, 3.8) is 0 Å². The summed E-state index contributed by atoms with van der Waals surface area (Å²) in [5.74, 6) is 0. The fourth-order valence-corrected chi connectivity index (χ4v) is 0. The molecule has 0 spiro atoms. The maximum Gasteiger partial charge on any atom is 2.00 e. The molecule has 3 N–H and O–H groups in total. The van der Waals surface area contributed by atoms with Gasteiger partial charge < -0.3 is 6.15 Å². The standard InChI is InChI=1S/Ca.Mg.H3N.Na/h;;1H3;/q2*+2;;+1. The first-order chi connectivity index (χ1) is 0. The molecular weight excluding hydrogens is 101 g/mol. The van der Waals surface area contributed by atoms with E-state index in [-0.39, 0.29) is 96.5 Å². The third kappa shape index (κ3) is 8.88. The van der Waals surface area contributed by atoms with Gasteiger partial charge in [-0.1, -0.05) is 0 Å². The van der Waals surface area contributed by atoms with Gasteiger partial charge in [0.05, 0.1) is 0 Å². The Kier molecular flexibility index (Phi) is 117. The summed E-state index contributed by atoms with van der Waals surface area (Å²) in [5.41, 5.74) is 0. The molecule has 0 aliphatic rings. The molecule has 0 fully saturated rings. The molecule has 0 atom stereocenters. The van der Waals surface area contributed by atoms with Gasteiger partial charge in [-0.05, 0) is 0 Å². The maximum atomic E-state index is 0. The molecule has 0 saturated carbocycles. The molecule has 0 bridgehead atoms. The van der Waals surface area contributed by atoms with E-state index < -0.39 is 0 Å². The summed E-state index contributed by atoms with van der Waals surface area (Å²) in [6.07, 6.45) is 0. The normalized spacial score (nSPS) is 0. The van der Waals surface area contributed by atoms with Crippen LogP contribution in [0.5, 0.6) is 0 Å². The van der Waals surface area contributed by atoms with Gasteiger partial charge in [-0.15, -0.1) is 0 Å². The summed E-state index contributed by atoms with van der Waals surface area (Å²) in [7, 11) is 0. The summed E-state index contributed by atoms with van der Waals surface area (Å²) in [6, 6.07) is 0. The van der Waals surface area contributed by atoms with Crippen LogP contribution in [0.2, 0.25) is 0 Å². The van der Waals surface area contributed by atoms with Crippen molar-refractivity contribution in [2.75, 3.05) is 0 Å². The molecule has 0 amide bonds. The maximum absolute atomic E-state index is 0. The second kappa shape index (κ2) is 16.7. The third-order valence-corrected chi connectivity index (χ3v) is 0. The molecule has 0 unspecified atom stereocenters. The minimum atomic E-state index is 0. The van der Waals surface area contributed by atoms with E-state index in [4.69, 9.17) is 0 Å². The van der Waals surface area contributed by atoms with Crippen molar-refractivity contribution in [1.82, 2.24) is 6.15 Å². The Morgan fingerprint density at radius 2 is 1.00 bits per heavy atom. The van der Waals surface area contributed by atoms with Crippen molar-refractivity contribution in [2.24, 2.45) is 0 Å². The molecule has 0 radical (unpaired) electrons. The molecule has 0 aromatic heterocycles. The molecular formula is H3CaMgNNa+5. The zero-order valence-corrected chi connectivity index (χ0v) is 8.74. The minimum absolute atomic E-state index is 0. The molecule has 0 rings (SSSR count). The fourth-order valence-electron chi connectivity index (χ4n) is 0. The Hall–Kier alpha value is 2.99. The van der Waals surface area contributed by atoms with Gasteiger partial charge in [-0.25, -0.2) is 0 Å². The van der Waals surface area contributed by atoms with E-state index in [0.29, 0.717) is 0 Å². The Morgan fingerprint density at radius 3 is 1.00 bits per heavy atom. The van der Waals surface area contributed by atoms with Crippen LogP contribution < -0.4 is 35.7 Å². The summed E-state index contributed by atoms with van der Waals surface area (Å²) >= 11 is 0. The Bertz CT molecular complexity index is 8.00. The van der Waals surface area contributed by atoms with Crippen LogP contribution in [-0.4, -0.2) is 60.8 Å². The van der Waals surface area contributed by atoms with Crippen molar-refractivity contribution in [3.8, 4) is 0 Å². The van der Waals surface area contributed by atoms with Gasteiger partial charge in [0.25, 0.3) is 0 Å². The fraction of sp³-hybridized carbons (Fsp3) is 0. The van der Waals surface area contributed by atoms with E-state index in [9.17, 15) is 0 Å². The predicted octanol–water partition coefficient (Wildman–Crippen LogP) is -3.60. The van der Waals surface area contributed by atoms with Gasteiger partial charge in [0.1, 0.15) is 0 Å². The average Bonchev–Trinajstić information content (AvgIpc) is 0. The van der Waals surface area contributed by atoms with E-state index in [1.165, 1.54) is 0 Å². The summed E-state index contributed by atoms with van der Waals surface area (Å²) in [4.78, 5) is 0. The van der Waals surface area contributed by atoms with Crippen LogP contribution in [0.3, 0.4) is 0 Å². The van der Waals surface area contributed by atoms with E-state index >= 15 is 0 Å². The first-order valence-corrected chi connectivity index (χ1v) is 0. The van der Waals surface area contributed by atoms with Crippen LogP contribution in [0.1, 0.15) is 0 Å². The predicted molar refractivity (Wildman–Crippen MR) is 16.5 cm³/mol. The van der Waals surface area contributed by atoms with E-state index in [1.54, 1.807) is 0 Å². The summed E-state index contributed by atoms with van der Waals surface area (Å²) in [5, 5.41) is 0. The molecule has 1 nitrogen and oxygen atoms in total. The van der Waals surface area contributed by atoms with Crippen LogP contribution in [0.15, 0.2) is 0 Å². The van der Waals surface area contributed by atoms with Gasteiger partial charge in [0, 0.05) is 0 Å². The molecule has 0 aromatic rings. The van der Waals surface area contributed by atoms with E-state index in [0.717, 1.165) is 0 Å². The first-order valence-electron chi connectivity index (χ1n) is 0. The number of hydrogen-bond donors (Lipinski definition) is 1. The zero-order valence-electron chi connectivity index (χ0n) is 3.12. The monoisotopic (exact) mass is 104 g/mol. The van der Waals surface area contributed by atoms with Crippen molar-refractivity contribution in [1.29, 1.82) is 0 Å². The van der Waals surface area contributed by atoms with Crippen LogP contribution in [-0.2, 0) is 0 Å². The van der Waals surface area contributed by atoms with Gasteiger partial charge in [-0.2, -0.15) is 0 Å². The Morgan fingerprint density at radius 1 is 1.00 bits per heavy atom. The van der Waals surface area contributed by atoms with Gasteiger partial charge in [0.15, 0.2) is 0 Å². The second-order valence-electron chi connectivity index (χ2n) is 0. The van der Waals surface area contributed by atoms with Crippen molar-refractivity contribution >= 4 is 60.8 Å². The van der Waals surface area contributed by atoms with E-state index in [1.807, 2.05) is 0 Å². The smallest absolute Gasteiger partial charge is 0.344 e. The SMILES string of the molecule is N.[Ca+2].[Mg+2].[Na+]. The number of hydrogen-bond acceptors (Lipinski definition) is 1. The van der Waals surface area contributed by atoms with Crippen LogP contribution >= 0.6 is 0 Å². The van der Waals surface area contributed by atoms with Crippen molar-refractivity contribution in [3.05, 3.63) is 0 Å². The molecule has 8 valence electrons. The number of rotatable bonds is 0. The van der Waals surface area contributed by atoms with Gasteiger partial charge >= 0.3 is 90.3 Å². The largest absolute Gasteiger partial charge is 2.00 e.